The van der Waals surface area contributed by atoms with E-state index < -0.39 is 10.0 Å². The minimum Gasteiger partial charge on any atom is -0.355 e. The van der Waals surface area contributed by atoms with Crippen LogP contribution in [0.5, 0.6) is 0 Å². The van der Waals surface area contributed by atoms with Crippen molar-refractivity contribution in [2.45, 2.75) is 30.6 Å². The second-order valence-electron chi connectivity index (χ2n) is 7.23. The molecule has 0 unspecified atom stereocenters. The van der Waals surface area contributed by atoms with Gasteiger partial charge in [-0.25, -0.2) is 8.42 Å². The highest BCUT2D eigenvalue weighted by molar-refractivity contribution is 7.89. The highest BCUT2D eigenvalue weighted by Gasteiger charge is 2.25. The number of sulfonamides is 1. The van der Waals surface area contributed by atoms with E-state index in [-0.39, 0.29) is 24.7 Å². The van der Waals surface area contributed by atoms with Gasteiger partial charge >= 0.3 is 0 Å². The van der Waals surface area contributed by atoms with Gasteiger partial charge in [0.05, 0.1) is 11.3 Å². The Bertz CT molecular complexity index is 715. The van der Waals surface area contributed by atoms with Gasteiger partial charge in [0.25, 0.3) is 0 Å². The Hall–Kier alpha value is -1.19. The lowest BCUT2D eigenvalue weighted by atomic mass is 10.1. The van der Waals surface area contributed by atoms with Crippen LogP contribution in [0.3, 0.4) is 0 Å². The van der Waals surface area contributed by atoms with Crippen LogP contribution < -0.4 is 10.6 Å². The van der Waals surface area contributed by atoms with Gasteiger partial charge in [0.1, 0.15) is 0 Å². The Balaban J connectivity index is 0.00000280. The Morgan fingerprint density at radius 2 is 1.64 bits per heavy atom. The van der Waals surface area contributed by atoms with Crippen molar-refractivity contribution in [2.24, 2.45) is 0 Å². The number of carbonyl (C=O) groups excluding carboxylic acids is 1. The van der Waals surface area contributed by atoms with Crippen LogP contribution in [0.4, 0.5) is 0 Å². The van der Waals surface area contributed by atoms with Gasteiger partial charge in [0.2, 0.25) is 15.9 Å². The molecule has 1 aromatic carbocycles. The van der Waals surface area contributed by atoms with E-state index in [1.54, 1.807) is 28.6 Å². The first-order valence-corrected chi connectivity index (χ1v) is 11.3. The lowest BCUT2D eigenvalue weighted by Crippen LogP contribution is -2.46. The number of benzene rings is 1. The number of rotatable bonds is 7. The number of piperidine rings is 1. The Morgan fingerprint density at radius 1 is 1.00 bits per heavy atom. The fraction of sp³-hybridized carbons (Fsp3) is 0.632. The van der Waals surface area contributed by atoms with Crippen LogP contribution in [0, 0.1) is 0 Å². The van der Waals surface area contributed by atoms with Crippen LogP contribution in [0.2, 0.25) is 0 Å². The van der Waals surface area contributed by atoms with E-state index in [1.165, 1.54) is 0 Å². The van der Waals surface area contributed by atoms with Gasteiger partial charge in [0, 0.05) is 52.4 Å². The SMILES string of the molecule is Cl.O=C(Cc1ccc(S(=O)(=O)N2CCCCC2)cc1)NCCN1CCNCC1. The highest BCUT2D eigenvalue weighted by Crippen LogP contribution is 2.20. The molecule has 28 heavy (non-hydrogen) atoms. The topological polar surface area (TPSA) is 81.8 Å². The number of halogens is 1. The molecule has 2 fully saturated rings. The highest BCUT2D eigenvalue weighted by atomic mass is 35.5. The van der Waals surface area contributed by atoms with Crippen LogP contribution >= 0.6 is 12.4 Å². The van der Waals surface area contributed by atoms with Crippen LogP contribution in [0.25, 0.3) is 0 Å². The normalized spacial score (nSPS) is 19.0. The molecular weight excluding hydrogens is 400 g/mol. The van der Waals surface area contributed by atoms with Crippen LogP contribution in [-0.4, -0.2) is 75.9 Å². The van der Waals surface area contributed by atoms with Gasteiger partial charge in [-0.05, 0) is 30.5 Å². The number of nitrogens with zero attached hydrogens (tertiary/aromatic N) is 2. The van der Waals surface area contributed by atoms with E-state index in [0.29, 0.717) is 24.5 Å². The molecule has 2 saturated heterocycles. The smallest absolute Gasteiger partial charge is 0.243 e. The van der Waals surface area contributed by atoms with Gasteiger partial charge in [-0.2, -0.15) is 4.31 Å². The summed E-state index contributed by atoms with van der Waals surface area (Å²) in [4.78, 5) is 14.8. The lowest BCUT2D eigenvalue weighted by Gasteiger charge is -2.27. The van der Waals surface area contributed by atoms with Gasteiger partial charge in [-0.3, -0.25) is 9.69 Å². The molecule has 158 valence electrons. The third-order valence-corrected chi connectivity index (χ3v) is 7.11. The molecule has 1 aromatic rings. The average molecular weight is 431 g/mol. The molecule has 2 N–H and O–H groups in total. The van der Waals surface area contributed by atoms with Crippen LogP contribution in [-0.2, 0) is 21.2 Å². The molecule has 9 heteroatoms. The van der Waals surface area contributed by atoms with Gasteiger partial charge < -0.3 is 10.6 Å². The molecule has 0 bridgehead atoms. The van der Waals surface area contributed by atoms with Crippen molar-refractivity contribution < 1.29 is 13.2 Å². The van der Waals surface area contributed by atoms with Crippen molar-refractivity contribution in [3.8, 4) is 0 Å². The molecule has 0 saturated carbocycles. The molecule has 0 aliphatic carbocycles. The number of carbonyl (C=O) groups is 1. The summed E-state index contributed by atoms with van der Waals surface area (Å²) in [5.41, 5.74) is 0.826. The summed E-state index contributed by atoms with van der Waals surface area (Å²) in [7, 11) is -3.41. The minimum atomic E-state index is -3.41. The van der Waals surface area contributed by atoms with Gasteiger partial charge in [-0.1, -0.05) is 18.6 Å². The Labute approximate surface area is 174 Å². The summed E-state index contributed by atoms with van der Waals surface area (Å²) in [6, 6.07) is 6.72. The van der Waals surface area contributed by atoms with E-state index >= 15 is 0 Å². The minimum absolute atomic E-state index is 0. The largest absolute Gasteiger partial charge is 0.355 e. The first-order chi connectivity index (χ1) is 13.1. The molecule has 2 heterocycles. The lowest BCUT2D eigenvalue weighted by molar-refractivity contribution is -0.120. The van der Waals surface area contributed by atoms with E-state index in [2.05, 4.69) is 15.5 Å². The van der Waals surface area contributed by atoms with E-state index in [4.69, 9.17) is 0 Å². The predicted octanol–water partition coefficient (Wildman–Crippen LogP) is 0.847. The van der Waals surface area contributed by atoms with Crippen molar-refractivity contribution >= 4 is 28.3 Å². The summed E-state index contributed by atoms with van der Waals surface area (Å²) in [6.45, 7) is 6.73. The Kier molecular flexibility index (Phi) is 9.17. The second kappa shape index (κ2) is 11.1. The van der Waals surface area contributed by atoms with Crippen molar-refractivity contribution in [3.05, 3.63) is 29.8 Å². The van der Waals surface area contributed by atoms with E-state index in [9.17, 15) is 13.2 Å². The summed E-state index contributed by atoms with van der Waals surface area (Å²) in [6.07, 6.45) is 3.21. The Morgan fingerprint density at radius 3 is 2.29 bits per heavy atom. The zero-order valence-corrected chi connectivity index (χ0v) is 17.9. The standard InChI is InChI=1S/C19H30N4O3S.ClH/c24-19(21-10-15-22-13-8-20-9-14-22)16-17-4-6-18(7-5-17)27(25,26)23-11-2-1-3-12-23;/h4-7,20H,1-3,8-16H2,(H,21,24);1H. The summed E-state index contributed by atoms with van der Waals surface area (Å²) < 4.78 is 26.9. The second-order valence-corrected chi connectivity index (χ2v) is 9.17. The molecule has 0 aromatic heterocycles. The molecule has 0 spiro atoms. The number of hydrogen-bond acceptors (Lipinski definition) is 5. The van der Waals surface area contributed by atoms with Crippen LogP contribution in [0.15, 0.2) is 29.2 Å². The van der Waals surface area contributed by atoms with Crippen LogP contribution in [0.1, 0.15) is 24.8 Å². The molecule has 2 aliphatic rings. The maximum atomic E-state index is 12.6. The van der Waals surface area contributed by atoms with Crippen molar-refractivity contribution in [2.75, 3.05) is 52.4 Å². The first kappa shape index (κ1) is 23.1. The summed E-state index contributed by atoms with van der Waals surface area (Å²) in [5, 5.41) is 6.26. The maximum Gasteiger partial charge on any atom is 0.243 e. The quantitative estimate of drug-likeness (QED) is 0.670. The van der Waals surface area contributed by atoms with Gasteiger partial charge in [-0.15, -0.1) is 12.4 Å². The third kappa shape index (κ3) is 6.42. The number of piperazine rings is 1. The molecule has 7 nitrogen and oxygen atoms in total. The molecular formula is C19H31ClN4O3S. The fourth-order valence-electron chi connectivity index (χ4n) is 3.57. The summed E-state index contributed by atoms with van der Waals surface area (Å²) >= 11 is 0. The first-order valence-electron chi connectivity index (χ1n) is 9.84. The fourth-order valence-corrected chi connectivity index (χ4v) is 5.09. The number of hydrogen-bond donors (Lipinski definition) is 2. The predicted molar refractivity (Wildman–Crippen MR) is 112 cm³/mol. The average Bonchev–Trinajstić information content (AvgIpc) is 2.70. The number of amides is 1. The zero-order valence-electron chi connectivity index (χ0n) is 16.2. The zero-order chi connectivity index (χ0) is 19.1. The molecule has 2 aliphatic heterocycles. The molecule has 3 rings (SSSR count). The number of nitrogens with one attached hydrogen (secondary N) is 2. The van der Waals surface area contributed by atoms with Crippen molar-refractivity contribution in [1.82, 2.24) is 19.8 Å². The van der Waals surface area contributed by atoms with E-state index in [0.717, 1.165) is 57.5 Å². The third-order valence-electron chi connectivity index (χ3n) is 5.20. The molecule has 0 atom stereocenters. The van der Waals surface area contributed by atoms with Crippen molar-refractivity contribution in [1.29, 1.82) is 0 Å². The maximum absolute atomic E-state index is 12.6. The monoisotopic (exact) mass is 430 g/mol. The molecule has 0 radical (unpaired) electrons. The van der Waals surface area contributed by atoms with E-state index in [1.807, 2.05) is 0 Å². The van der Waals surface area contributed by atoms with Crippen molar-refractivity contribution in [3.63, 3.8) is 0 Å². The molecule has 1 amide bonds. The summed E-state index contributed by atoms with van der Waals surface area (Å²) in [5.74, 6) is -0.0308. The van der Waals surface area contributed by atoms with Gasteiger partial charge in [0.15, 0.2) is 0 Å².